The molecule has 0 radical (unpaired) electrons. The van der Waals surface area contributed by atoms with Gasteiger partial charge in [0.1, 0.15) is 6.29 Å². The van der Waals surface area contributed by atoms with Crippen LogP contribution in [0.25, 0.3) is 0 Å². The maximum atomic E-state index is 10.2. The van der Waals surface area contributed by atoms with Crippen molar-refractivity contribution >= 4 is 6.29 Å². The summed E-state index contributed by atoms with van der Waals surface area (Å²) >= 11 is 0. The first-order valence-corrected chi connectivity index (χ1v) is 3.30. The molecule has 5 heteroatoms. The molecule has 72 valence electrons. The summed E-state index contributed by atoms with van der Waals surface area (Å²) in [6.45, 7) is 0. The van der Waals surface area contributed by atoms with Crippen LogP contribution in [-0.4, -0.2) is 29.0 Å². The number of hydrogen-bond acceptors (Lipinski definition) is 5. The molecule has 0 aliphatic carbocycles. The molecule has 0 aliphatic heterocycles. The molecule has 0 spiro atoms. The zero-order valence-electron chi connectivity index (χ0n) is 6.97. The molecular weight excluding hydrogens is 176 g/mol. The lowest BCUT2D eigenvalue weighted by atomic mass is 10.2. The number of hydrogen-bond donors (Lipinski definition) is 3. The highest BCUT2D eigenvalue weighted by atomic mass is 17.0. The van der Waals surface area contributed by atoms with Gasteiger partial charge in [-0.15, -0.1) is 0 Å². The molecule has 0 saturated heterocycles. The van der Waals surface area contributed by atoms with Gasteiger partial charge in [-0.3, -0.25) is 15.3 Å². The van der Waals surface area contributed by atoms with Gasteiger partial charge in [-0.1, -0.05) is 0 Å². The maximum Gasteiger partial charge on any atom is 0.161 e. The highest BCUT2D eigenvalue weighted by molar-refractivity contribution is 5.76. The number of aromatic hydroxyl groups is 1. The molecule has 0 bridgehead atoms. The van der Waals surface area contributed by atoms with Gasteiger partial charge in [-0.05, 0) is 18.2 Å². The maximum absolute atomic E-state index is 10.2. The molecule has 0 atom stereocenters. The second-order valence-electron chi connectivity index (χ2n) is 2.05. The Kier molecular flexibility index (Phi) is 5.25. The first-order valence-electron chi connectivity index (χ1n) is 3.30. The fraction of sp³-hybridized carbons (Fsp3) is 0.125. The largest absolute Gasteiger partial charge is 0.504 e. The van der Waals surface area contributed by atoms with Crippen molar-refractivity contribution in [1.82, 2.24) is 0 Å². The number of carbonyl (C=O) groups excluding carboxylic acids is 1. The summed E-state index contributed by atoms with van der Waals surface area (Å²) in [5, 5.41) is 21.1. The van der Waals surface area contributed by atoms with Crippen molar-refractivity contribution in [3.63, 3.8) is 0 Å². The lowest BCUT2D eigenvalue weighted by Gasteiger charge is -2.01. The monoisotopic (exact) mass is 186 g/mol. The van der Waals surface area contributed by atoms with Crippen molar-refractivity contribution < 1.29 is 25.2 Å². The molecule has 5 nitrogen and oxygen atoms in total. The number of aldehydes is 1. The predicted octanol–water partition coefficient (Wildman–Crippen LogP) is 1.23. The molecule has 0 aliphatic rings. The van der Waals surface area contributed by atoms with E-state index in [1.54, 1.807) is 0 Å². The van der Waals surface area contributed by atoms with Crippen molar-refractivity contribution in [2.75, 3.05) is 7.11 Å². The van der Waals surface area contributed by atoms with E-state index in [9.17, 15) is 4.79 Å². The fourth-order valence-corrected chi connectivity index (χ4v) is 0.768. The zero-order chi connectivity index (χ0) is 10.3. The average Bonchev–Trinajstić information content (AvgIpc) is 2.22. The SMILES string of the molecule is COc1cc(C=O)ccc1O.OO. The van der Waals surface area contributed by atoms with Crippen molar-refractivity contribution in [3.05, 3.63) is 23.8 Å². The van der Waals surface area contributed by atoms with Crippen molar-refractivity contribution in [2.24, 2.45) is 0 Å². The molecule has 0 saturated carbocycles. The zero-order valence-corrected chi connectivity index (χ0v) is 6.97. The van der Waals surface area contributed by atoms with Crippen LogP contribution in [0, 0.1) is 0 Å². The van der Waals surface area contributed by atoms with Gasteiger partial charge in [0.25, 0.3) is 0 Å². The van der Waals surface area contributed by atoms with Crippen LogP contribution in [0.5, 0.6) is 11.5 Å². The predicted molar refractivity (Wildman–Crippen MR) is 45.3 cm³/mol. The molecule has 0 unspecified atom stereocenters. The Balaban J connectivity index is 0.000000671. The van der Waals surface area contributed by atoms with Crippen LogP contribution in [0.1, 0.15) is 10.4 Å². The fourth-order valence-electron chi connectivity index (χ4n) is 0.768. The molecule has 0 heterocycles. The third kappa shape index (κ3) is 3.10. The molecule has 0 fully saturated rings. The number of phenolic OH excluding ortho intramolecular Hbond substituents is 1. The number of phenols is 1. The Hall–Kier alpha value is -1.59. The summed E-state index contributed by atoms with van der Waals surface area (Å²) in [6, 6.07) is 4.41. The first kappa shape index (κ1) is 11.4. The van der Waals surface area contributed by atoms with Crippen LogP contribution in [0.15, 0.2) is 18.2 Å². The summed E-state index contributed by atoms with van der Waals surface area (Å²) in [7, 11) is 1.43. The van der Waals surface area contributed by atoms with E-state index < -0.39 is 0 Å². The van der Waals surface area contributed by atoms with Crippen LogP contribution >= 0.6 is 0 Å². The Morgan fingerprint density at radius 1 is 1.38 bits per heavy atom. The molecule has 1 aromatic carbocycles. The molecule has 3 N–H and O–H groups in total. The molecule has 0 amide bonds. The number of rotatable bonds is 2. The normalized spacial score (nSPS) is 8.23. The lowest BCUT2D eigenvalue weighted by molar-refractivity contribution is -0.176. The number of methoxy groups -OCH3 is 1. The topological polar surface area (TPSA) is 87.0 Å². The quantitative estimate of drug-likeness (QED) is 0.367. The summed E-state index contributed by atoms with van der Waals surface area (Å²) in [5.41, 5.74) is 0.486. The standard InChI is InChI=1S/C8H8O3.H2O2/c1-11-8-4-6(5-9)2-3-7(8)10;1-2/h2-5,10H,1H3;1-2H. The van der Waals surface area contributed by atoms with E-state index in [1.165, 1.54) is 25.3 Å². The van der Waals surface area contributed by atoms with Gasteiger partial charge >= 0.3 is 0 Å². The third-order valence-electron chi connectivity index (χ3n) is 1.34. The third-order valence-corrected chi connectivity index (χ3v) is 1.34. The second-order valence-corrected chi connectivity index (χ2v) is 2.05. The highest BCUT2D eigenvalue weighted by Gasteiger charge is 2.00. The molecule has 0 aromatic heterocycles. The molecular formula is C8H10O5. The van der Waals surface area contributed by atoms with Crippen LogP contribution in [0.4, 0.5) is 0 Å². The number of ether oxygens (including phenoxy) is 1. The minimum Gasteiger partial charge on any atom is -0.504 e. The van der Waals surface area contributed by atoms with Gasteiger partial charge in [-0.25, -0.2) is 0 Å². The van der Waals surface area contributed by atoms with Gasteiger partial charge in [0.05, 0.1) is 7.11 Å². The van der Waals surface area contributed by atoms with E-state index in [1.807, 2.05) is 0 Å². The molecule has 13 heavy (non-hydrogen) atoms. The van der Waals surface area contributed by atoms with Gasteiger partial charge in [-0.2, -0.15) is 0 Å². The van der Waals surface area contributed by atoms with E-state index >= 15 is 0 Å². The number of benzene rings is 1. The highest BCUT2D eigenvalue weighted by Crippen LogP contribution is 2.25. The Morgan fingerprint density at radius 2 is 2.00 bits per heavy atom. The Labute approximate surface area is 74.8 Å². The second kappa shape index (κ2) is 5.99. The van der Waals surface area contributed by atoms with Crippen LogP contribution in [0.2, 0.25) is 0 Å². The Morgan fingerprint density at radius 3 is 2.46 bits per heavy atom. The van der Waals surface area contributed by atoms with E-state index in [-0.39, 0.29) is 5.75 Å². The van der Waals surface area contributed by atoms with E-state index in [2.05, 4.69) is 0 Å². The van der Waals surface area contributed by atoms with Gasteiger partial charge in [0.15, 0.2) is 11.5 Å². The molecule has 1 rings (SSSR count). The smallest absolute Gasteiger partial charge is 0.161 e. The summed E-state index contributed by atoms with van der Waals surface area (Å²) in [5.74, 6) is 0.354. The minimum absolute atomic E-state index is 0.0399. The van der Waals surface area contributed by atoms with Crippen molar-refractivity contribution in [2.45, 2.75) is 0 Å². The van der Waals surface area contributed by atoms with Crippen LogP contribution < -0.4 is 4.74 Å². The summed E-state index contributed by atoms with van der Waals surface area (Å²) in [6.07, 6.45) is 0.696. The summed E-state index contributed by atoms with van der Waals surface area (Å²) < 4.78 is 4.78. The van der Waals surface area contributed by atoms with E-state index in [4.69, 9.17) is 20.4 Å². The van der Waals surface area contributed by atoms with E-state index in [0.29, 0.717) is 17.6 Å². The first-order chi connectivity index (χ1) is 6.27. The summed E-state index contributed by atoms with van der Waals surface area (Å²) in [4.78, 5) is 10.2. The van der Waals surface area contributed by atoms with E-state index in [0.717, 1.165) is 0 Å². The van der Waals surface area contributed by atoms with Crippen molar-refractivity contribution in [1.29, 1.82) is 0 Å². The van der Waals surface area contributed by atoms with Crippen LogP contribution in [0.3, 0.4) is 0 Å². The average molecular weight is 186 g/mol. The van der Waals surface area contributed by atoms with Gasteiger partial charge in [0.2, 0.25) is 0 Å². The van der Waals surface area contributed by atoms with Gasteiger partial charge < -0.3 is 9.84 Å². The van der Waals surface area contributed by atoms with Crippen LogP contribution in [-0.2, 0) is 0 Å². The minimum atomic E-state index is 0.0399. The van der Waals surface area contributed by atoms with Crippen molar-refractivity contribution in [3.8, 4) is 11.5 Å². The molecule has 1 aromatic rings. The van der Waals surface area contributed by atoms with Gasteiger partial charge in [0, 0.05) is 5.56 Å². The number of carbonyl (C=O) groups is 1. The lowest BCUT2D eigenvalue weighted by Crippen LogP contribution is -1.85. The Bertz CT molecular complexity index is 271.